The number of hydrogen-bond acceptors (Lipinski definition) is 5. The van der Waals surface area contributed by atoms with Gasteiger partial charge in [-0.2, -0.15) is 5.10 Å². The van der Waals surface area contributed by atoms with Crippen molar-refractivity contribution in [3.05, 3.63) is 46.1 Å². The predicted octanol–water partition coefficient (Wildman–Crippen LogP) is 1.41. The molecule has 162 valence electrons. The number of likely N-dealkylation sites (tertiary alicyclic amines) is 1. The summed E-state index contributed by atoms with van der Waals surface area (Å²) in [7, 11) is 1.63. The molecule has 8 nitrogen and oxygen atoms in total. The number of nitrogens with zero attached hydrogens (tertiary/aromatic N) is 4. The lowest BCUT2D eigenvalue weighted by atomic mass is 10.1. The van der Waals surface area contributed by atoms with Gasteiger partial charge in [-0.1, -0.05) is 18.6 Å². The topological polar surface area (TPSA) is 81.4 Å². The standard InChI is InChI=1S/C22H31N5O3/c1-30-19-7-5-6-17(14-19)15-27-22(29)26-13-10-18(8-9-20(26)24-27)23-21(28)16-25-11-3-2-4-12-25/h5-7,14,18H,2-4,8-13,15-16H2,1H3,(H,23,28). The highest BCUT2D eigenvalue weighted by atomic mass is 16.5. The van der Waals surface area contributed by atoms with Crippen molar-refractivity contribution in [2.45, 2.75) is 57.7 Å². The molecule has 0 radical (unpaired) electrons. The van der Waals surface area contributed by atoms with Crippen molar-refractivity contribution in [1.82, 2.24) is 24.6 Å². The molecule has 0 spiro atoms. The molecule has 4 rings (SSSR count). The molecule has 30 heavy (non-hydrogen) atoms. The summed E-state index contributed by atoms with van der Waals surface area (Å²) < 4.78 is 8.55. The molecule has 1 fully saturated rings. The summed E-state index contributed by atoms with van der Waals surface area (Å²) in [5, 5.41) is 7.75. The highest BCUT2D eigenvalue weighted by Crippen LogP contribution is 2.15. The number of ether oxygens (including phenoxy) is 1. The summed E-state index contributed by atoms with van der Waals surface area (Å²) in [5.74, 6) is 1.66. The van der Waals surface area contributed by atoms with Gasteiger partial charge < -0.3 is 10.1 Å². The quantitative estimate of drug-likeness (QED) is 0.774. The Kier molecular flexibility index (Phi) is 6.52. The Bertz CT molecular complexity index is 929. The fraction of sp³-hybridized carbons (Fsp3) is 0.591. The molecule has 0 saturated carbocycles. The number of carbonyl (C=O) groups excluding carboxylic acids is 1. The van der Waals surface area contributed by atoms with Crippen LogP contribution < -0.4 is 15.7 Å². The Balaban J connectivity index is 1.35. The van der Waals surface area contributed by atoms with Gasteiger partial charge in [-0.05, 0) is 56.5 Å². The highest BCUT2D eigenvalue weighted by Gasteiger charge is 2.23. The van der Waals surface area contributed by atoms with Crippen LogP contribution >= 0.6 is 0 Å². The van der Waals surface area contributed by atoms with Crippen LogP contribution in [0.3, 0.4) is 0 Å². The molecule has 1 atom stereocenters. The molecule has 3 heterocycles. The van der Waals surface area contributed by atoms with Crippen LogP contribution in [-0.4, -0.2) is 57.9 Å². The van der Waals surface area contributed by atoms with E-state index in [2.05, 4.69) is 15.3 Å². The number of amides is 1. The minimum Gasteiger partial charge on any atom is -0.497 e. The van der Waals surface area contributed by atoms with E-state index in [4.69, 9.17) is 4.74 Å². The van der Waals surface area contributed by atoms with E-state index in [9.17, 15) is 9.59 Å². The molecule has 1 amide bonds. The number of hydrogen-bond donors (Lipinski definition) is 1. The van der Waals surface area contributed by atoms with Crippen molar-refractivity contribution in [3.8, 4) is 5.75 Å². The molecule has 2 aliphatic rings. The molecule has 1 N–H and O–H groups in total. The van der Waals surface area contributed by atoms with Crippen LogP contribution in [0, 0.1) is 0 Å². The third-order valence-electron chi connectivity index (χ3n) is 6.06. The fourth-order valence-electron chi connectivity index (χ4n) is 4.41. The van der Waals surface area contributed by atoms with Crippen LogP contribution in [0.15, 0.2) is 29.1 Å². The Morgan fingerprint density at radius 3 is 2.83 bits per heavy atom. The van der Waals surface area contributed by atoms with Crippen LogP contribution in [0.1, 0.15) is 43.5 Å². The monoisotopic (exact) mass is 413 g/mol. The van der Waals surface area contributed by atoms with E-state index in [1.165, 1.54) is 23.9 Å². The van der Waals surface area contributed by atoms with Gasteiger partial charge in [0.1, 0.15) is 11.6 Å². The molecule has 0 aliphatic carbocycles. The number of rotatable bonds is 6. The number of benzene rings is 1. The van der Waals surface area contributed by atoms with Gasteiger partial charge in [0.2, 0.25) is 5.91 Å². The van der Waals surface area contributed by atoms with E-state index in [-0.39, 0.29) is 17.6 Å². The third kappa shape index (κ3) is 4.92. The van der Waals surface area contributed by atoms with Gasteiger partial charge >= 0.3 is 5.69 Å². The highest BCUT2D eigenvalue weighted by molar-refractivity contribution is 5.78. The molecule has 0 bridgehead atoms. The van der Waals surface area contributed by atoms with Crippen molar-refractivity contribution in [3.63, 3.8) is 0 Å². The predicted molar refractivity (Wildman–Crippen MR) is 114 cm³/mol. The number of methoxy groups -OCH3 is 1. The number of aromatic nitrogens is 3. The second kappa shape index (κ2) is 9.47. The average Bonchev–Trinajstić information content (AvgIpc) is 2.92. The lowest BCUT2D eigenvalue weighted by molar-refractivity contribution is -0.123. The smallest absolute Gasteiger partial charge is 0.346 e. The van der Waals surface area contributed by atoms with Crippen molar-refractivity contribution in [2.75, 3.05) is 26.7 Å². The maximum absolute atomic E-state index is 12.9. The van der Waals surface area contributed by atoms with E-state index in [1.807, 2.05) is 24.3 Å². The first-order chi connectivity index (χ1) is 14.6. The van der Waals surface area contributed by atoms with Crippen LogP contribution in [0.25, 0.3) is 0 Å². The lowest BCUT2D eigenvalue weighted by Crippen LogP contribution is -2.44. The average molecular weight is 414 g/mol. The second-order valence-electron chi connectivity index (χ2n) is 8.29. The van der Waals surface area contributed by atoms with E-state index in [1.54, 1.807) is 11.7 Å². The first kappa shape index (κ1) is 20.7. The summed E-state index contributed by atoms with van der Waals surface area (Å²) in [4.78, 5) is 27.5. The SMILES string of the molecule is COc1cccc(Cn2nc3n(c2=O)CCC(NC(=O)CN2CCCCC2)CC3)c1. The van der Waals surface area contributed by atoms with Crippen LogP contribution in [-0.2, 0) is 24.3 Å². The molecule has 2 aliphatic heterocycles. The minimum atomic E-state index is -0.0897. The van der Waals surface area contributed by atoms with Gasteiger partial charge in [0.15, 0.2) is 0 Å². The molecular weight excluding hydrogens is 382 g/mol. The maximum atomic E-state index is 12.9. The molecule has 8 heteroatoms. The van der Waals surface area contributed by atoms with Crippen LogP contribution in [0.2, 0.25) is 0 Å². The molecule has 2 aromatic rings. The molecule has 1 unspecified atom stereocenters. The molecule has 1 aromatic carbocycles. The van der Waals surface area contributed by atoms with Gasteiger partial charge in [-0.3, -0.25) is 14.3 Å². The summed E-state index contributed by atoms with van der Waals surface area (Å²) in [6.45, 7) is 3.52. The van der Waals surface area contributed by atoms with E-state index in [0.29, 0.717) is 26.1 Å². The van der Waals surface area contributed by atoms with Crippen LogP contribution in [0.4, 0.5) is 0 Å². The molecular formula is C22H31N5O3. The summed E-state index contributed by atoms with van der Waals surface area (Å²) in [6.07, 6.45) is 5.88. The largest absolute Gasteiger partial charge is 0.497 e. The number of fused-ring (bicyclic) bond motifs is 1. The van der Waals surface area contributed by atoms with Gasteiger partial charge in [0, 0.05) is 19.0 Å². The Hall–Kier alpha value is -2.61. The normalized spacial score (nSPS) is 19.7. The number of piperidine rings is 1. The number of aryl methyl sites for hydroxylation is 1. The van der Waals surface area contributed by atoms with E-state index in [0.717, 1.165) is 43.1 Å². The zero-order valence-corrected chi connectivity index (χ0v) is 17.7. The third-order valence-corrected chi connectivity index (χ3v) is 6.06. The Morgan fingerprint density at radius 2 is 2.03 bits per heavy atom. The number of nitrogens with one attached hydrogen (secondary N) is 1. The van der Waals surface area contributed by atoms with Crippen LogP contribution in [0.5, 0.6) is 5.75 Å². The van der Waals surface area contributed by atoms with Gasteiger partial charge in [0.25, 0.3) is 0 Å². The lowest BCUT2D eigenvalue weighted by Gasteiger charge is -2.26. The zero-order valence-electron chi connectivity index (χ0n) is 17.7. The Morgan fingerprint density at radius 1 is 1.20 bits per heavy atom. The van der Waals surface area contributed by atoms with E-state index >= 15 is 0 Å². The number of carbonyl (C=O) groups is 1. The minimum absolute atomic E-state index is 0.0897. The van der Waals surface area contributed by atoms with Gasteiger partial charge in [0.05, 0.1) is 20.2 Å². The fourth-order valence-corrected chi connectivity index (χ4v) is 4.41. The maximum Gasteiger partial charge on any atom is 0.346 e. The van der Waals surface area contributed by atoms with Gasteiger partial charge in [-0.25, -0.2) is 9.48 Å². The zero-order chi connectivity index (χ0) is 20.9. The van der Waals surface area contributed by atoms with Crippen molar-refractivity contribution in [2.24, 2.45) is 0 Å². The Labute approximate surface area is 176 Å². The summed E-state index contributed by atoms with van der Waals surface area (Å²) in [6, 6.07) is 7.78. The first-order valence-electron chi connectivity index (χ1n) is 10.9. The van der Waals surface area contributed by atoms with Gasteiger partial charge in [-0.15, -0.1) is 0 Å². The van der Waals surface area contributed by atoms with Crippen molar-refractivity contribution < 1.29 is 9.53 Å². The molecule has 1 aromatic heterocycles. The first-order valence-corrected chi connectivity index (χ1v) is 10.9. The summed E-state index contributed by atoms with van der Waals surface area (Å²) >= 11 is 0. The second-order valence-corrected chi connectivity index (χ2v) is 8.29. The molecule has 1 saturated heterocycles. The van der Waals surface area contributed by atoms with E-state index < -0.39 is 0 Å². The van der Waals surface area contributed by atoms with Crippen molar-refractivity contribution >= 4 is 5.91 Å². The van der Waals surface area contributed by atoms with Crippen molar-refractivity contribution in [1.29, 1.82) is 0 Å². The summed E-state index contributed by atoms with van der Waals surface area (Å²) in [5.41, 5.74) is 0.890.